The Morgan fingerprint density at radius 3 is 2.55 bits per heavy atom. The highest BCUT2D eigenvalue weighted by Gasteiger charge is 2.20. The number of thiazole rings is 1. The SMILES string of the molecule is CCCN1CCN(c2nc(C)c(CNC(C)C)s2)CC1. The number of rotatable bonds is 6. The zero-order chi connectivity index (χ0) is 14.5. The van der Waals surface area contributed by atoms with Gasteiger partial charge < -0.3 is 10.2 Å². The van der Waals surface area contributed by atoms with Crippen molar-refractivity contribution in [3.63, 3.8) is 0 Å². The molecule has 114 valence electrons. The van der Waals surface area contributed by atoms with Gasteiger partial charge in [-0.3, -0.25) is 4.90 Å². The van der Waals surface area contributed by atoms with Gasteiger partial charge in [0.1, 0.15) is 0 Å². The van der Waals surface area contributed by atoms with Crippen molar-refractivity contribution in [1.82, 2.24) is 15.2 Å². The number of hydrogen-bond donors (Lipinski definition) is 1. The molecule has 1 saturated heterocycles. The summed E-state index contributed by atoms with van der Waals surface area (Å²) >= 11 is 1.86. The number of nitrogens with zero attached hydrogens (tertiary/aromatic N) is 3. The van der Waals surface area contributed by atoms with Crippen LogP contribution in [0.3, 0.4) is 0 Å². The Hall–Kier alpha value is -0.650. The Morgan fingerprint density at radius 1 is 1.25 bits per heavy atom. The van der Waals surface area contributed by atoms with Crippen LogP contribution in [-0.4, -0.2) is 48.6 Å². The van der Waals surface area contributed by atoms with Gasteiger partial charge in [0.05, 0.1) is 5.69 Å². The fraction of sp³-hybridized carbons (Fsp3) is 0.800. The first-order valence-corrected chi connectivity index (χ1v) is 8.58. The van der Waals surface area contributed by atoms with Crippen molar-refractivity contribution in [2.45, 2.75) is 46.7 Å². The topological polar surface area (TPSA) is 31.4 Å². The molecular weight excluding hydrogens is 268 g/mol. The van der Waals surface area contributed by atoms with Crippen LogP contribution in [0.5, 0.6) is 0 Å². The van der Waals surface area contributed by atoms with Crippen LogP contribution in [0.1, 0.15) is 37.8 Å². The van der Waals surface area contributed by atoms with E-state index in [1.807, 2.05) is 11.3 Å². The van der Waals surface area contributed by atoms with Crippen LogP contribution >= 0.6 is 11.3 Å². The second kappa shape index (κ2) is 7.38. The molecule has 1 fully saturated rings. The van der Waals surface area contributed by atoms with Crippen molar-refractivity contribution in [1.29, 1.82) is 0 Å². The lowest BCUT2D eigenvalue weighted by atomic mass is 10.3. The largest absolute Gasteiger partial charge is 0.346 e. The highest BCUT2D eigenvalue weighted by Crippen LogP contribution is 2.26. The molecule has 1 aliphatic rings. The summed E-state index contributed by atoms with van der Waals surface area (Å²) < 4.78 is 0. The first kappa shape index (κ1) is 15.7. The van der Waals surface area contributed by atoms with Gasteiger partial charge >= 0.3 is 0 Å². The summed E-state index contributed by atoms with van der Waals surface area (Å²) in [5, 5.41) is 4.69. The van der Waals surface area contributed by atoms with Gasteiger partial charge in [0.15, 0.2) is 5.13 Å². The third-order valence-electron chi connectivity index (χ3n) is 3.73. The summed E-state index contributed by atoms with van der Waals surface area (Å²) in [6, 6.07) is 0.525. The summed E-state index contributed by atoms with van der Waals surface area (Å²) in [6.45, 7) is 15.5. The fourth-order valence-corrected chi connectivity index (χ4v) is 3.55. The third kappa shape index (κ3) is 4.17. The molecule has 0 bridgehead atoms. The summed E-state index contributed by atoms with van der Waals surface area (Å²) in [7, 11) is 0. The maximum Gasteiger partial charge on any atom is 0.185 e. The Morgan fingerprint density at radius 2 is 1.95 bits per heavy atom. The molecule has 2 rings (SSSR count). The molecule has 1 aliphatic heterocycles. The molecule has 5 heteroatoms. The second-order valence-electron chi connectivity index (χ2n) is 5.87. The van der Waals surface area contributed by atoms with Crippen molar-refractivity contribution in [2.75, 3.05) is 37.6 Å². The fourth-order valence-electron chi connectivity index (χ4n) is 2.49. The van der Waals surface area contributed by atoms with Crippen molar-refractivity contribution in [2.24, 2.45) is 0 Å². The van der Waals surface area contributed by atoms with E-state index < -0.39 is 0 Å². The lowest BCUT2D eigenvalue weighted by Gasteiger charge is -2.34. The molecular formula is C15H28N4S. The molecule has 0 unspecified atom stereocenters. The average Bonchev–Trinajstić information content (AvgIpc) is 2.79. The Labute approximate surface area is 127 Å². The van der Waals surface area contributed by atoms with Gasteiger partial charge in [-0.15, -0.1) is 11.3 Å². The zero-order valence-corrected chi connectivity index (χ0v) is 14.1. The van der Waals surface area contributed by atoms with Gasteiger partial charge in [-0.05, 0) is 19.9 Å². The first-order chi connectivity index (χ1) is 9.60. The Balaban J connectivity index is 1.91. The van der Waals surface area contributed by atoms with E-state index in [1.54, 1.807) is 0 Å². The Kier molecular flexibility index (Phi) is 5.81. The number of hydrogen-bond acceptors (Lipinski definition) is 5. The first-order valence-electron chi connectivity index (χ1n) is 7.77. The van der Waals surface area contributed by atoms with E-state index >= 15 is 0 Å². The van der Waals surface area contributed by atoms with E-state index in [-0.39, 0.29) is 0 Å². The van der Waals surface area contributed by atoms with E-state index in [9.17, 15) is 0 Å². The molecule has 20 heavy (non-hydrogen) atoms. The molecule has 0 aromatic carbocycles. The van der Waals surface area contributed by atoms with Gasteiger partial charge in [-0.2, -0.15) is 0 Å². The van der Waals surface area contributed by atoms with Crippen LogP contribution in [-0.2, 0) is 6.54 Å². The number of piperazine rings is 1. The highest BCUT2D eigenvalue weighted by molar-refractivity contribution is 7.15. The number of anilines is 1. The molecule has 0 atom stereocenters. The summed E-state index contributed by atoms with van der Waals surface area (Å²) in [4.78, 5) is 11.1. The summed E-state index contributed by atoms with van der Waals surface area (Å²) in [5.41, 5.74) is 1.19. The van der Waals surface area contributed by atoms with Crippen LogP contribution in [0.25, 0.3) is 0 Å². The molecule has 0 amide bonds. The van der Waals surface area contributed by atoms with Crippen molar-refractivity contribution >= 4 is 16.5 Å². The molecule has 1 N–H and O–H groups in total. The maximum absolute atomic E-state index is 4.77. The van der Waals surface area contributed by atoms with Gasteiger partial charge in [-0.25, -0.2) is 4.98 Å². The lowest BCUT2D eigenvalue weighted by Crippen LogP contribution is -2.46. The van der Waals surface area contributed by atoms with E-state index in [4.69, 9.17) is 4.98 Å². The number of aromatic nitrogens is 1. The predicted molar refractivity (Wildman–Crippen MR) is 87.8 cm³/mol. The van der Waals surface area contributed by atoms with Gasteiger partial charge in [-0.1, -0.05) is 20.8 Å². The molecule has 2 heterocycles. The lowest BCUT2D eigenvalue weighted by molar-refractivity contribution is 0.258. The van der Waals surface area contributed by atoms with Crippen LogP contribution in [0.15, 0.2) is 0 Å². The van der Waals surface area contributed by atoms with E-state index in [2.05, 4.69) is 42.8 Å². The van der Waals surface area contributed by atoms with E-state index in [0.717, 1.165) is 19.6 Å². The molecule has 0 aliphatic carbocycles. The molecule has 1 aromatic rings. The van der Waals surface area contributed by atoms with Crippen LogP contribution in [0.2, 0.25) is 0 Å². The smallest absolute Gasteiger partial charge is 0.185 e. The van der Waals surface area contributed by atoms with Crippen LogP contribution in [0, 0.1) is 6.92 Å². The molecule has 1 aromatic heterocycles. The van der Waals surface area contributed by atoms with Gasteiger partial charge in [0.25, 0.3) is 0 Å². The average molecular weight is 296 g/mol. The molecule has 0 spiro atoms. The summed E-state index contributed by atoms with van der Waals surface area (Å²) in [6.07, 6.45) is 1.25. The van der Waals surface area contributed by atoms with Crippen molar-refractivity contribution < 1.29 is 0 Å². The standard InChI is InChI=1S/C15H28N4S/c1-5-6-18-7-9-19(10-8-18)15-17-13(4)14(20-15)11-16-12(2)3/h12,16H,5-11H2,1-4H3. The number of aryl methyl sites for hydroxylation is 1. The van der Waals surface area contributed by atoms with Crippen molar-refractivity contribution in [3.05, 3.63) is 10.6 Å². The van der Waals surface area contributed by atoms with E-state index in [0.29, 0.717) is 6.04 Å². The minimum Gasteiger partial charge on any atom is -0.346 e. The van der Waals surface area contributed by atoms with Gasteiger partial charge in [0.2, 0.25) is 0 Å². The molecule has 0 saturated carbocycles. The zero-order valence-electron chi connectivity index (χ0n) is 13.3. The quantitative estimate of drug-likeness (QED) is 0.874. The van der Waals surface area contributed by atoms with E-state index in [1.165, 1.54) is 41.8 Å². The molecule has 0 radical (unpaired) electrons. The minimum atomic E-state index is 0.525. The van der Waals surface area contributed by atoms with Gasteiger partial charge in [0, 0.05) is 43.6 Å². The number of nitrogens with one attached hydrogen (secondary N) is 1. The third-order valence-corrected chi connectivity index (χ3v) is 4.95. The normalized spacial score (nSPS) is 17.1. The van der Waals surface area contributed by atoms with Crippen LogP contribution in [0.4, 0.5) is 5.13 Å². The maximum atomic E-state index is 4.77. The highest BCUT2D eigenvalue weighted by atomic mass is 32.1. The second-order valence-corrected chi connectivity index (χ2v) is 6.93. The predicted octanol–water partition coefficient (Wildman–Crippen LogP) is 2.48. The minimum absolute atomic E-state index is 0.525. The Bertz CT molecular complexity index is 408. The summed E-state index contributed by atoms with van der Waals surface area (Å²) in [5.74, 6) is 0. The monoisotopic (exact) mass is 296 g/mol. The van der Waals surface area contributed by atoms with Crippen LogP contribution < -0.4 is 10.2 Å². The van der Waals surface area contributed by atoms with Crippen molar-refractivity contribution in [3.8, 4) is 0 Å². The molecule has 4 nitrogen and oxygen atoms in total.